The Labute approximate surface area is 178 Å². The highest BCUT2D eigenvalue weighted by Crippen LogP contribution is 2.25. The maximum absolute atomic E-state index is 13.3. The highest BCUT2D eigenvalue weighted by Gasteiger charge is 2.30. The average Bonchev–Trinajstić information content (AvgIpc) is 2.67. The first-order chi connectivity index (χ1) is 14.0. The molecule has 164 valence electrons. The van der Waals surface area contributed by atoms with Crippen LogP contribution in [-0.4, -0.2) is 33.7 Å². The largest absolute Gasteiger partial charge is 0.497 e. The minimum absolute atomic E-state index is 0.228. The Morgan fingerprint density at radius 2 is 1.63 bits per heavy atom. The molecule has 1 N–H and O–H groups in total. The van der Waals surface area contributed by atoms with Gasteiger partial charge in [0.1, 0.15) is 17.6 Å². The number of methoxy groups -OCH3 is 1. The second-order valence-electron chi connectivity index (χ2n) is 7.68. The zero-order valence-electron chi connectivity index (χ0n) is 17.9. The molecule has 0 bridgehead atoms. The summed E-state index contributed by atoms with van der Waals surface area (Å²) in [7, 11) is -2.19. The van der Waals surface area contributed by atoms with Crippen molar-refractivity contribution in [1.29, 1.82) is 0 Å². The highest BCUT2D eigenvalue weighted by molar-refractivity contribution is 7.92. The van der Waals surface area contributed by atoms with Gasteiger partial charge in [0.25, 0.3) is 0 Å². The Kier molecular flexibility index (Phi) is 7.83. The van der Waals surface area contributed by atoms with Crippen molar-refractivity contribution in [2.24, 2.45) is 5.92 Å². The highest BCUT2D eigenvalue weighted by atomic mass is 32.2. The molecule has 0 heterocycles. The van der Waals surface area contributed by atoms with Crippen molar-refractivity contribution in [2.75, 3.05) is 17.7 Å². The monoisotopic (exact) mass is 436 g/mol. The number of ether oxygens (including phenoxy) is 1. The lowest BCUT2D eigenvalue weighted by molar-refractivity contribution is -0.122. The van der Waals surface area contributed by atoms with E-state index in [9.17, 15) is 17.6 Å². The predicted octanol–water partition coefficient (Wildman–Crippen LogP) is 3.89. The molecule has 2 aromatic rings. The van der Waals surface area contributed by atoms with E-state index in [0.717, 1.165) is 28.3 Å². The summed E-state index contributed by atoms with van der Waals surface area (Å²) in [5.74, 6) is 0.0872. The molecule has 0 spiro atoms. The van der Waals surface area contributed by atoms with Gasteiger partial charge in [-0.15, -0.1) is 0 Å². The van der Waals surface area contributed by atoms with Gasteiger partial charge in [0.05, 0.1) is 25.1 Å². The minimum Gasteiger partial charge on any atom is -0.497 e. The van der Waals surface area contributed by atoms with Crippen LogP contribution in [0.4, 0.5) is 10.1 Å². The smallest absolute Gasteiger partial charge is 0.244 e. The third-order valence-electron chi connectivity index (χ3n) is 4.71. The second kappa shape index (κ2) is 9.93. The summed E-state index contributed by atoms with van der Waals surface area (Å²) >= 11 is 0. The van der Waals surface area contributed by atoms with Crippen LogP contribution in [0.25, 0.3) is 0 Å². The van der Waals surface area contributed by atoms with Gasteiger partial charge >= 0.3 is 0 Å². The van der Waals surface area contributed by atoms with Gasteiger partial charge in [-0.3, -0.25) is 9.10 Å². The van der Waals surface area contributed by atoms with Crippen molar-refractivity contribution in [3.8, 4) is 5.75 Å². The number of nitrogens with one attached hydrogen (secondary N) is 1. The summed E-state index contributed by atoms with van der Waals surface area (Å²) in [6.07, 6.45) is 1.70. The van der Waals surface area contributed by atoms with E-state index in [4.69, 9.17) is 4.74 Å². The number of carbonyl (C=O) groups excluding carboxylic acids is 1. The number of anilines is 1. The van der Waals surface area contributed by atoms with Crippen molar-refractivity contribution >= 4 is 21.6 Å². The average molecular weight is 437 g/mol. The van der Waals surface area contributed by atoms with Gasteiger partial charge in [0, 0.05) is 0 Å². The number of amides is 1. The van der Waals surface area contributed by atoms with Crippen molar-refractivity contribution in [3.63, 3.8) is 0 Å². The number of hydrogen-bond acceptors (Lipinski definition) is 4. The fourth-order valence-electron chi connectivity index (χ4n) is 3.28. The normalized spacial score (nSPS) is 13.6. The molecule has 0 unspecified atom stereocenters. The molecule has 30 heavy (non-hydrogen) atoms. The Balaban J connectivity index is 2.30. The first-order valence-electron chi connectivity index (χ1n) is 9.72. The van der Waals surface area contributed by atoms with Crippen LogP contribution < -0.4 is 14.4 Å². The SMILES string of the molecule is COc1ccc([C@@H](CC(C)C)NC(=O)[C@H](C)N(c2ccc(F)cc2)S(C)(=O)=O)cc1. The molecule has 1 amide bonds. The summed E-state index contributed by atoms with van der Waals surface area (Å²) < 4.78 is 44.3. The van der Waals surface area contributed by atoms with Crippen LogP contribution in [0.5, 0.6) is 5.75 Å². The van der Waals surface area contributed by atoms with E-state index in [-0.39, 0.29) is 11.7 Å². The summed E-state index contributed by atoms with van der Waals surface area (Å²) in [6, 6.07) is 11.1. The second-order valence-corrected chi connectivity index (χ2v) is 9.53. The quantitative estimate of drug-likeness (QED) is 0.647. The Hall–Kier alpha value is -2.61. The van der Waals surface area contributed by atoms with Crippen LogP contribution in [0.1, 0.15) is 38.8 Å². The molecule has 2 aromatic carbocycles. The summed E-state index contributed by atoms with van der Waals surface area (Å²) in [4.78, 5) is 13.0. The summed E-state index contributed by atoms with van der Waals surface area (Å²) in [5, 5.41) is 2.98. The van der Waals surface area contributed by atoms with Crippen LogP contribution >= 0.6 is 0 Å². The number of sulfonamides is 1. The zero-order valence-corrected chi connectivity index (χ0v) is 18.7. The number of halogens is 1. The van der Waals surface area contributed by atoms with Gasteiger partial charge in [-0.2, -0.15) is 0 Å². The minimum atomic E-state index is -3.77. The van der Waals surface area contributed by atoms with Crippen LogP contribution in [-0.2, 0) is 14.8 Å². The van der Waals surface area contributed by atoms with Crippen molar-refractivity contribution in [2.45, 2.75) is 39.3 Å². The fraction of sp³-hybridized carbons (Fsp3) is 0.409. The molecular weight excluding hydrogens is 407 g/mol. The Morgan fingerprint density at radius 1 is 1.07 bits per heavy atom. The maximum atomic E-state index is 13.3. The molecule has 8 heteroatoms. The third-order valence-corrected chi connectivity index (χ3v) is 5.95. The van der Waals surface area contributed by atoms with Gasteiger partial charge in [-0.25, -0.2) is 12.8 Å². The first-order valence-corrected chi connectivity index (χ1v) is 11.6. The molecule has 0 aliphatic rings. The molecule has 0 saturated heterocycles. The van der Waals surface area contributed by atoms with Crippen molar-refractivity contribution in [1.82, 2.24) is 5.32 Å². The first kappa shape index (κ1) is 23.7. The van der Waals surface area contributed by atoms with Crippen molar-refractivity contribution < 1.29 is 22.3 Å². The lowest BCUT2D eigenvalue weighted by Crippen LogP contribution is -2.48. The molecule has 0 aliphatic carbocycles. The molecular formula is C22H29FN2O4S. The van der Waals surface area contributed by atoms with Crippen LogP contribution in [0, 0.1) is 11.7 Å². The van der Waals surface area contributed by atoms with E-state index in [1.807, 2.05) is 38.1 Å². The third kappa shape index (κ3) is 6.19. The van der Waals surface area contributed by atoms with Crippen LogP contribution in [0.2, 0.25) is 0 Å². The summed E-state index contributed by atoms with van der Waals surface area (Å²) in [5.41, 5.74) is 1.13. The van der Waals surface area contributed by atoms with Gasteiger partial charge in [-0.05, 0) is 61.2 Å². The molecule has 0 aliphatic heterocycles. The van der Waals surface area contributed by atoms with Crippen LogP contribution in [0.3, 0.4) is 0 Å². The number of carbonyl (C=O) groups is 1. The Bertz CT molecular complexity index is 944. The molecule has 0 fully saturated rings. The van der Waals surface area contributed by atoms with Crippen LogP contribution in [0.15, 0.2) is 48.5 Å². The topological polar surface area (TPSA) is 75.7 Å². The predicted molar refractivity (Wildman–Crippen MR) is 117 cm³/mol. The molecule has 0 radical (unpaired) electrons. The molecule has 0 saturated carbocycles. The molecule has 6 nitrogen and oxygen atoms in total. The summed E-state index contributed by atoms with van der Waals surface area (Å²) in [6.45, 7) is 5.61. The molecule has 2 rings (SSSR count). The van der Waals surface area contributed by atoms with Gasteiger partial charge in [0.2, 0.25) is 15.9 Å². The van der Waals surface area contributed by atoms with E-state index < -0.39 is 27.8 Å². The number of nitrogens with zero attached hydrogens (tertiary/aromatic N) is 1. The van der Waals surface area contributed by atoms with E-state index >= 15 is 0 Å². The fourth-order valence-corrected chi connectivity index (χ4v) is 4.45. The number of hydrogen-bond donors (Lipinski definition) is 1. The lowest BCUT2D eigenvalue weighted by atomic mass is 9.96. The van der Waals surface area contributed by atoms with Crippen molar-refractivity contribution in [3.05, 3.63) is 59.9 Å². The number of rotatable bonds is 9. The van der Waals surface area contributed by atoms with E-state index in [2.05, 4.69) is 5.32 Å². The van der Waals surface area contributed by atoms with E-state index in [0.29, 0.717) is 18.1 Å². The maximum Gasteiger partial charge on any atom is 0.244 e. The molecule has 0 aromatic heterocycles. The number of benzene rings is 2. The van der Waals surface area contributed by atoms with Gasteiger partial charge < -0.3 is 10.1 Å². The van der Waals surface area contributed by atoms with Gasteiger partial charge in [0.15, 0.2) is 0 Å². The molecule has 2 atom stereocenters. The Morgan fingerprint density at radius 3 is 2.10 bits per heavy atom. The van der Waals surface area contributed by atoms with E-state index in [1.54, 1.807) is 7.11 Å². The lowest BCUT2D eigenvalue weighted by Gasteiger charge is -2.30. The standard InChI is InChI=1S/C22H29FN2O4S/c1-15(2)14-21(17-6-12-20(29-4)13-7-17)24-22(26)16(3)25(30(5,27)28)19-10-8-18(23)9-11-19/h6-13,15-16,21H,14H2,1-5H3,(H,24,26)/t16-,21+/m0/s1. The van der Waals surface area contributed by atoms with E-state index in [1.165, 1.54) is 19.1 Å². The van der Waals surface area contributed by atoms with Gasteiger partial charge in [-0.1, -0.05) is 26.0 Å². The zero-order chi connectivity index (χ0) is 22.5.